The van der Waals surface area contributed by atoms with Crippen LogP contribution in [0.25, 0.3) is 9.53 Å². The summed E-state index contributed by atoms with van der Waals surface area (Å²) in [5.74, 6) is -0.0387. The average molecular weight is 326 g/mol. The second-order valence-corrected chi connectivity index (χ2v) is 7.26. The summed E-state index contributed by atoms with van der Waals surface area (Å²) in [7, 11) is 3.94. The number of thiazole rings is 1. The molecule has 2 aromatic rings. The molecule has 3 N–H and O–H groups in total. The topological polar surface area (TPSA) is 71.2 Å². The summed E-state index contributed by atoms with van der Waals surface area (Å²) in [6.45, 7) is 2.62. The summed E-state index contributed by atoms with van der Waals surface area (Å²) in [6, 6.07) is 1.98. The molecule has 0 saturated carbocycles. The standard InChI is InChI=1S/C14H22N4OS2/c1-4-5-6-9(8-15)16-12(19)10-7-11-13(20-10)17-14(21-11)18(2)3/h7,9H,4-6,8,15H2,1-3H3,(H,16,19). The Kier molecular flexibility index (Phi) is 5.55. The van der Waals surface area contributed by atoms with Crippen molar-refractivity contribution in [3.8, 4) is 0 Å². The fourth-order valence-corrected chi connectivity index (χ4v) is 4.02. The van der Waals surface area contributed by atoms with Gasteiger partial charge in [0.1, 0.15) is 4.83 Å². The summed E-state index contributed by atoms with van der Waals surface area (Å²) in [5.41, 5.74) is 5.72. The van der Waals surface area contributed by atoms with Crippen molar-refractivity contribution in [2.75, 3.05) is 25.5 Å². The molecule has 7 heteroatoms. The molecule has 5 nitrogen and oxygen atoms in total. The van der Waals surface area contributed by atoms with Crippen LogP contribution in [-0.2, 0) is 0 Å². The number of aromatic nitrogens is 1. The van der Waals surface area contributed by atoms with E-state index in [1.807, 2.05) is 25.1 Å². The van der Waals surface area contributed by atoms with E-state index in [9.17, 15) is 4.79 Å². The molecule has 0 fully saturated rings. The number of amides is 1. The van der Waals surface area contributed by atoms with Crippen LogP contribution in [0.3, 0.4) is 0 Å². The molecule has 116 valence electrons. The lowest BCUT2D eigenvalue weighted by atomic mass is 10.1. The average Bonchev–Trinajstić information content (AvgIpc) is 3.01. The lowest BCUT2D eigenvalue weighted by Gasteiger charge is -2.15. The molecule has 2 heterocycles. The first-order valence-electron chi connectivity index (χ1n) is 7.13. The molecule has 0 bridgehead atoms. The van der Waals surface area contributed by atoms with E-state index < -0.39 is 0 Å². The first-order valence-corrected chi connectivity index (χ1v) is 8.77. The van der Waals surface area contributed by atoms with Gasteiger partial charge in [0.15, 0.2) is 5.13 Å². The molecule has 0 aliphatic rings. The molecule has 2 aromatic heterocycles. The van der Waals surface area contributed by atoms with Crippen molar-refractivity contribution in [1.82, 2.24) is 10.3 Å². The van der Waals surface area contributed by atoms with Gasteiger partial charge in [-0.05, 0) is 12.5 Å². The van der Waals surface area contributed by atoms with Crippen molar-refractivity contribution in [3.05, 3.63) is 10.9 Å². The SMILES string of the molecule is CCCCC(CN)NC(=O)c1cc2sc(N(C)C)nc2s1. The zero-order valence-corrected chi connectivity index (χ0v) is 14.3. The largest absolute Gasteiger partial charge is 0.354 e. The third kappa shape index (κ3) is 3.93. The predicted octanol–water partition coefficient (Wildman–Crippen LogP) is 2.67. The van der Waals surface area contributed by atoms with Gasteiger partial charge in [-0.3, -0.25) is 4.79 Å². The van der Waals surface area contributed by atoms with E-state index in [-0.39, 0.29) is 11.9 Å². The van der Waals surface area contributed by atoms with E-state index in [4.69, 9.17) is 5.73 Å². The number of fused-ring (bicyclic) bond motifs is 1. The van der Waals surface area contributed by atoms with Gasteiger partial charge in [-0.15, -0.1) is 11.3 Å². The van der Waals surface area contributed by atoms with Crippen molar-refractivity contribution in [3.63, 3.8) is 0 Å². The molecule has 1 unspecified atom stereocenters. The van der Waals surface area contributed by atoms with E-state index in [1.165, 1.54) is 11.3 Å². The van der Waals surface area contributed by atoms with Gasteiger partial charge >= 0.3 is 0 Å². The van der Waals surface area contributed by atoms with Crippen LogP contribution in [0.4, 0.5) is 5.13 Å². The number of rotatable bonds is 7. The van der Waals surface area contributed by atoms with Crippen LogP contribution in [0.2, 0.25) is 0 Å². The van der Waals surface area contributed by atoms with E-state index in [2.05, 4.69) is 17.2 Å². The number of thiophene rings is 1. The van der Waals surface area contributed by atoms with Crippen LogP contribution in [0.15, 0.2) is 6.07 Å². The molecule has 21 heavy (non-hydrogen) atoms. The molecule has 0 radical (unpaired) electrons. The number of nitrogens with one attached hydrogen (secondary N) is 1. The summed E-state index contributed by atoms with van der Waals surface area (Å²) in [5, 5.41) is 3.98. The second kappa shape index (κ2) is 7.20. The summed E-state index contributed by atoms with van der Waals surface area (Å²) in [6.07, 6.45) is 3.12. The Morgan fingerprint density at radius 3 is 2.81 bits per heavy atom. The molecule has 0 aliphatic heterocycles. The van der Waals surface area contributed by atoms with Gasteiger partial charge in [-0.25, -0.2) is 4.98 Å². The van der Waals surface area contributed by atoms with Gasteiger partial charge in [-0.2, -0.15) is 0 Å². The third-order valence-electron chi connectivity index (χ3n) is 3.21. The van der Waals surface area contributed by atoms with Gasteiger partial charge in [0.25, 0.3) is 5.91 Å². The number of carbonyl (C=O) groups excluding carboxylic acids is 1. The molecular formula is C14H22N4OS2. The van der Waals surface area contributed by atoms with Crippen LogP contribution in [0.1, 0.15) is 35.9 Å². The van der Waals surface area contributed by atoms with Crippen LogP contribution < -0.4 is 16.0 Å². The summed E-state index contributed by atoms with van der Waals surface area (Å²) < 4.78 is 1.06. The van der Waals surface area contributed by atoms with Gasteiger partial charge in [-0.1, -0.05) is 31.1 Å². The quantitative estimate of drug-likeness (QED) is 0.820. The highest BCUT2D eigenvalue weighted by Crippen LogP contribution is 2.33. The van der Waals surface area contributed by atoms with Crippen molar-refractivity contribution in [2.24, 2.45) is 5.73 Å². The summed E-state index contributed by atoms with van der Waals surface area (Å²) in [4.78, 5) is 20.4. The number of hydrogen-bond acceptors (Lipinski definition) is 6. The van der Waals surface area contributed by atoms with Gasteiger partial charge < -0.3 is 16.0 Å². The van der Waals surface area contributed by atoms with E-state index in [0.717, 1.165) is 33.9 Å². The highest BCUT2D eigenvalue weighted by Gasteiger charge is 2.17. The zero-order valence-electron chi connectivity index (χ0n) is 12.7. The van der Waals surface area contributed by atoms with E-state index in [1.54, 1.807) is 11.3 Å². The first-order chi connectivity index (χ1) is 10.0. The molecule has 1 amide bonds. The minimum absolute atomic E-state index is 0.0387. The van der Waals surface area contributed by atoms with Crippen molar-refractivity contribution < 1.29 is 4.79 Å². The maximum Gasteiger partial charge on any atom is 0.261 e. The molecule has 0 spiro atoms. The Hall–Kier alpha value is -1.18. The van der Waals surface area contributed by atoms with Crippen LogP contribution >= 0.6 is 22.7 Å². The van der Waals surface area contributed by atoms with E-state index >= 15 is 0 Å². The maximum atomic E-state index is 12.3. The molecule has 0 saturated heterocycles. The monoisotopic (exact) mass is 326 g/mol. The normalized spacial score (nSPS) is 12.6. The lowest BCUT2D eigenvalue weighted by molar-refractivity contribution is 0.0940. The molecule has 0 aliphatic carbocycles. The van der Waals surface area contributed by atoms with Crippen molar-refractivity contribution >= 4 is 43.2 Å². The third-order valence-corrected chi connectivity index (χ3v) is 5.54. The molecule has 2 rings (SSSR count). The number of hydrogen-bond donors (Lipinski definition) is 2. The highest BCUT2D eigenvalue weighted by atomic mass is 32.1. The van der Waals surface area contributed by atoms with Crippen LogP contribution in [0.5, 0.6) is 0 Å². The predicted molar refractivity (Wildman–Crippen MR) is 91.7 cm³/mol. The van der Waals surface area contributed by atoms with Crippen LogP contribution in [0, 0.1) is 0 Å². The smallest absolute Gasteiger partial charge is 0.261 e. The van der Waals surface area contributed by atoms with Gasteiger partial charge in [0.05, 0.1) is 9.58 Å². The Morgan fingerprint density at radius 1 is 1.48 bits per heavy atom. The van der Waals surface area contributed by atoms with Gasteiger partial charge in [0.2, 0.25) is 0 Å². The lowest BCUT2D eigenvalue weighted by Crippen LogP contribution is -2.39. The Bertz CT molecular complexity index is 574. The number of unbranched alkanes of at least 4 members (excludes halogenated alkanes) is 1. The van der Waals surface area contributed by atoms with Crippen molar-refractivity contribution in [2.45, 2.75) is 32.2 Å². The number of nitrogens with zero attached hydrogens (tertiary/aromatic N) is 2. The van der Waals surface area contributed by atoms with Crippen molar-refractivity contribution in [1.29, 1.82) is 0 Å². The van der Waals surface area contributed by atoms with Gasteiger partial charge in [0, 0.05) is 26.7 Å². The Labute approximate surface area is 133 Å². The van der Waals surface area contributed by atoms with E-state index in [0.29, 0.717) is 11.4 Å². The number of carbonyl (C=O) groups is 1. The first kappa shape index (κ1) is 16.2. The fourth-order valence-electron chi connectivity index (χ4n) is 1.98. The minimum atomic E-state index is -0.0387. The Balaban J connectivity index is 2.06. The number of anilines is 1. The molecule has 0 aromatic carbocycles. The van der Waals surface area contributed by atoms with Crippen LogP contribution in [-0.4, -0.2) is 37.6 Å². The maximum absolute atomic E-state index is 12.3. The number of nitrogens with two attached hydrogens (primary N) is 1. The Morgan fingerprint density at radius 2 is 2.24 bits per heavy atom. The molecular weight excluding hydrogens is 304 g/mol. The molecule has 1 atom stereocenters. The summed E-state index contributed by atoms with van der Waals surface area (Å²) >= 11 is 3.04. The zero-order chi connectivity index (χ0) is 15.4. The minimum Gasteiger partial charge on any atom is -0.354 e. The fraction of sp³-hybridized carbons (Fsp3) is 0.571. The second-order valence-electron chi connectivity index (χ2n) is 5.22. The highest BCUT2D eigenvalue weighted by molar-refractivity contribution is 7.29.